The van der Waals surface area contributed by atoms with Crippen molar-refractivity contribution in [3.05, 3.63) is 0 Å². The lowest BCUT2D eigenvalue weighted by Gasteiger charge is -2.52. The van der Waals surface area contributed by atoms with Crippen molar-refractivity contribution in [3.63, 3.8) is 0 Å². The predicted molar refractivity (Wildman–Crippen MR) is 78.3 cm³/mol. The van der Waals surface area contributed by atoms with Gasteiger partial charge in [-0.2, -0.15) is 0 Å². The van der Waals surface area contributed by atoms with Crippen LogP contribution in [0, 0.1) is 10.8 Å². The first-order valence-corrected chi connectivity index (χ1v) is 6.79. The highest BCUT2D eigenvalue weighted by atomic mass is 127. The van der Waals surface area contributed by atoms with Crippen LogP contribution in [0.3, 0.4) is 0 Å². The van der Waals surface area contributed by atoms with E-state index >= 15 is 0 Å². The molecule has 0 N–H and O–H groups in total. The Kier molecular flexibility index (Phi) is 4.36. The molecule has 0 aliphatic rings. The molecule has 1 nitrogen and oxygen atoms in total. The van der Waals surface area contributed by atoms with Crippen molar-refractivity contribution in [2.45, 2.75) is 51.5 Å². The van der Waals surface area contributed by atoms with Gasteiger partial charge in [0, 0.05) is 11.8 Å². The molecule has 0 aliphatic heterocycles. The third kappa shape index (κ3) is 3.88. The fourth-order valence-corrected chi connectivity index (χ4v) is 3.36. The molecule has 0 aromatic carbocycles. The van der Waals surface area contributed by atoms with E-state index in [2.05, 4.69) is 85.3 Å². The van der Waals surface area contributed by atoms with Gasteiger partial charge in [0.15, 0.2) is 3.55 Å². The molecular weight excluding hydrogens is 297 g/mol. The first kappa shape index (κ1) is 15.7. The van der Waals surface area contributed by atoms with Crippen LogP contribution in [0.15, 0.2) is 0 Å². The fraction of sp³-hybridized carbons (Fsp3) is 1.00. The standard InChI is InChI=1S/C13H29IN/c1-11(2,3)10-13(14,12(4,5)6)15(7,8)9/h10H2,1-9H3/q+1. The fourth-order valence-electron chi connectivity index (χ4n) is 2.21. The zero-order valence-corrected chi connectivity index (χ0v) is 14.2. The summed E-state index contributed by atoms with van der Waals surface area (Å²) in [5, 5.41) is 0. The molecule has 0 aliphatic carbocycles. The Hall–Kier alpha value is 0.690. The van der Waals surface area contributed by atoms with Crippen LogP contribution >= 0.6 is 22.6 Å². The highest BCUT2D eigenvalue weighted by Crippen LogP contribution is 2.50. The SMILES string of the molecule is CC(C)(C)CC(I)(C(C)(C)C)[N+](C)(C)C. The molecule has 1 unspecified atom stereocenters. The van der Waals surface area contributed by atoms with Crippen molar-refractivity contribution in [2.75, 3.05) is 21.1 Å². The number of hydrogen-bond acceptors (Lipinski definition) is 0. The molecule has 0 radical (unpaired) electrons. The summed E-state index contributed by atoms with van der Waals surface area (Å²) in [4.78, 5) is 0. The van der Waals surface area contributed by atoms with E-state index in [4.69, 9.17) is 0 Å². The summed E-state index contributed by atoms with van der Waals surface area (Å²) >= 11 is 2.69. The van der Waals surface area contributed by atoms with Crippen LogP contribution in [0.2, 0.25) is 0 Å². The van der Waals surface area contributed by atoms with Crippen molar-refractivity contribution in [1.29, 1.82) is 0 Å². The molecule has 92 valence electrons. The minimum Gasteiger partial charge on any atom is -0.318 e. The van der Waals surface area contributed by atoms with Gasteiger partial charge in [-0.1, -0.05) is 41.5 Å². The van der Waals surface area contributed by atoms with Crippen molar-refractivity contribution in [2.24, 2.45) is 10.8 Å². The summed E-state index contributed by atoms with van der Waals surface area (Å²) in [6.07, 6.45) is 1.23. The van der Waals surface area contributed by atoms with E-state index in [1.807, 2.05) is 0 Å². The Labute approximate surface area is 110 Å². The number of nitrogens with zero attached hydrogens (tertiary/aromatic N) is 1. The Balaban J connectivity index is 5.26. The average Bonchev–Trinajstić information content (AvgIpc) is 1.77. The van der Waals surface area contributed by atoms with Crippen molar-refractivity contribution >= 4 is 22.6 Å². The minimum absolute atomic E-state index is 0.267. The highest BCUT2D eigenvalue weighted by Gasteiger charge is 2.52. The molecule has 0 heterocycles. The van der Waals surface area contributed by atoms with Gasteiger partial charge < -0.3 is 4.48 Å². The molecular formula is C13H29IN+. The van der Waals surface area contributed by atoms with Crippen LogP contribution in [-0.2, 0) is 0 Å². The second-order valence-electron chi connectivity index (χ2n) is 7.76. The van der Waals surface area contributed by atoms with Gasteiger partial charge in [-0.3, -0.25) is 0 Å². The number of hydrogen-bond donors (Lipinski definition) is 0. The Morgan fingerprint density at radius 1 is 0.867 bits per heavy atom. The molecule has 0 spiro atoms. The minimum atomic E-state index is 0.267. The van der Waals surface area contributed by atoms with Crippen LogP contribution in [0.4, 0.5) is 0 Å². The second-order valence-corrected chi connectivity index (χ2v) is 9.54. The van der Waals surface area contributed by atoms with Gasteiger partial charge in [0.05, 0.1) is 21.1 Å². The van der Waals surface area contributed by atoms with Crippen LogP contribution < -0.4 is 0 Å². The van der Waals surface area contributed by atoms with Gasteiger partial charge in [0.1, 0.15) is 0 Å². The zero-order valence-electron chi connectivity index (χ0n) is 12.0. The summed E-state index contributed by atoms with van der Waals surface area (Å²) in [6.45, 7) is 14.1. The third-order valence-corrected chi connectivity index (χ3v) is 6.42. The van der Waals surface area contributed by atoms with Crippen LogP contribution in [0.5, 0.6) is 0 Å². The number of quaternary nitrogens is 1. The maximum atomic E-state index is 2.69. The van der Waals surface area contributed by atoms with E-state index < -0.39 is 0 Å². The summed E-state index contributed by atoms with van der Waals surface area (Å²) in [6, 6.07) is 0. The first-order chi connectivity index (χ1) is 6.21. The summed E-state index contributed by atoms with van der Waals surface area (Å²) in [5.74, 6) is 0. The molecule has 0 aromatic heterocycles. The molecule has 1 atom stereocenters. The van der Waals surface area contributed by atoms with Gasteiger partial charge in [-0.25, -0.2) is 0 Å². The highest BCUT2D eigenvalue weighted by molar-refractivity contribution is 14.1. The molecule has 0 aromatic rings. The Morgan fingerprint density at radius 2 is 1.20 bits per heavy atom. The van der Waals surface area contributed by atoms with Crippen LogP contribution in [-0.4, -0.2) is 29.2 Å². The lowest BCUT2D eigenvalue weighted by molar-refractivity contribution is -0.910. The molecule has 0 saturated carbocycles. The maximum absolute atomic E-state index is 2.69. The summed E-state index contributed by atoms with van der Waals surface area (Å²) < 4.78 is 1.28. The lowest BCUT2D eigenvalue weighted by Crippen LogP contribution is -2.61. The van der Waals surface area contributed by atoms with E-state index in [0.717, 1.165) is 4.48 Å². The monoisotopic (exact) mass is 326 g/mol. The van der Waals surface area contributed by atoms with Gasteiger partial charge in [-0.05, 0) is 28.0 Å². The van der Waals surface area contributed by atoms with Crippen LogP contribution in [0.1, 0.15) is 48.0 Å². The summed E-state index contributed by atoms with van der Waals surface area (Å²) in [7, 11) is 6.93. The van der Waals surface area contributed by atoms with E-state index in [1.165, 1.54) is 6.42 Å². The molecule has 0 rings (SSSR count). The normalized spacial score (nSPS) is 18.8. The molecule has 2 heteroatoms. The van der Waals surface area contributed by atoms with Crippen molar-refractivity contribution in [1.82, 2.24) is 0 Å². The number of halogens is 1. The second kappa shape index (κ2) is 4.17. The quantitative estimate of drug-likeness (QED) is 0.307. The molecule has 0 bridgehead atoms. The van der Waals surface area contributed by atoms with Crippen LogP contribution in [0.25, 0.3) is 0 Å². The third-order valence-electron chi connectivity index (χ3n) is 2.98. The van der Waals surface area contributed by atoms with Gasteiger partial charge in [-0.15, -0.1) is 0 Å². The predicted octanol–water partition coefficient (Wildman–Crippen LogP) is 4.31. The number of rotatable bonds is 2. The summed E-state index contributed by atoms with van der Waals surface area (Å²) in [5.41, 5.74) is 0.680. The largest absolute Gasteiger partial charge is 0.318 e. The van der Waals surface area contributed by atoms with E-state index in [1.54, 1.807) is 0 Å². The van der Waals surface area contributed by atoms with E-state index in [9.17, 15) is 0 Å². The first-order valence-electron chi connectivity index (χ1n) is 5.71. The molecule has 0 saturated heterocycles. The zero-order chi connectivity index (χ0) is 12.7. The van der Waals surface area contributed by atoms with Gasteiger partial charge in [0.2, 0.25) is 0 Å². The Morgan fingerprint density at radius 3 is 1.27 bits per heavy atom. The lowest BCUT2D eigenvalue weighted by atomic mass is 9.75. The van der Waals surface area contributed by atoms with Crippen molar-refractivity contribution < 1.29 is 4.48 Å². The number of alkyl halides is 1. The van der Waals surface area contributed by atoms with Gasteiger partial charge >= 0.3 is 0 Å². The molecule has 0 fully saturated rings. The molecule has 0 amide bonds. The smallest absolute Gasteiger partial charge is 0.154 e. The van der Waals surface area contributed by atoms with E-state index in [-0.39, 0.29) is 3.55 Å². The topological polar surface area (TPSA) is 0 Å². The average molecular weight is 326 g/mol. The van der Waals surface area contributed by atoms with E-state index in [0.29, 0.717) is 10.8 Å². The van der Waals surface area contributed by atoms with Gasteiger partial charge in [0.25, 0.3) is 0 Å². The molecule has 15 heavy (non-hydrogen) atoms. The van der Waals surface area contributed by atoms with Crippen molar-refractivity contribution in [3.8, 4) is 0 Å². The Bertz CT molecular complexity index is 198. The maximum Gasteiger partial charge on any atom is 0.154 e.